The van der Waals surface area contributed by atoms with Gasteiger partial charge in [0.15, 0.2) is 0 Å². The fourth-order valence-corrected chi connectivity index (χ4v) is 2.23. The minimum Gasteiger partial charge on any atom is -0.435 e. The van der Waals surface area contributed by atoms with E-state index in [1.54, 1.807) is 24.0 Å². The molecule has 0 radical (unpaired) electrons. The number of ether oxygens (including phenoxy) is 2. The predicted octanol–water partition coefficient (Wildman–Crippen LogP) is 1.54. The molecule has 1 aromatic rings. The van der Waals surface area contributed by atoms with Crippen molar-refractivity contribution in [1.82, 2.24) is 4.90 Å². The van der Waals surface area contributed by atoms with Gasteiger partial charge in [0, 0.05) is 6.54 Å². The Balaban J connectivity index is 2.09. The van der Waals surface area contributed by atoms with Crippen LogP contribution in [0.5, 0.6) is 5.75 Å². The van der Waals surface area contributed by atoms with Crippen molar-refractivity contribution in [2.45, 2.75) is 25.7 Å². The maximum atomic E-state index is 12.2. The first-order chi connectivity index (χ1) is 9.97. The molecule has 1 heterocycles. The zero-order valence-corrected chi connectivity index (χ0v) is 11.7. The van der Waals surface area contributed by atoms with Gasteiger partial charge in [-0.25, -0.2) is 0 Å². The number of rotatable bonds is 4. The summed E-state index contributed by atoms with van der Waals surface area (Å²) in [6.07, 6.45) is -0.373. The molecule has 1 unspecified atom stereocenters. The van der Waals surface area contributed by atoms with E-state index in [9.17, 15) is 13.6 Å². The predicted molar refractivity (Wildman–Crippen MR) is 72.0 cm³/mol. The SMILES string of the molecule is C[C@@H](N)C(=O)N1CCOC(c2cccc(OC(F)F)c2)C1. The minimum atomic E-state index is -2.87. The van der Waals surface area contributed by atoms with E-state index in [2.05, 4.69) is 4.74 Å². The Morgan fingerprint density at radius 1 is 1.52 bits per heavy atom. The molecule has 0 saturated carbocycles. The van der Waals surface area contributed by atoms with Crippen LogP contribution in [0.4, 0.5) is 8.78 Å². The molecule has 1 saturated heterocycles. The van der Waals surface area contributed by atoms with Gasteiger partial charge in [-0.15, -0.1) is 0 Å². The zero-order chi connectivity index (χ0) is 15.4. The minimum absolute atomic E-state index is 0.0711. The molecule has 1 aliphatic rings. The highest BCUT2D eigenvalue weighted by molar-refractivity contribution is 5.81. The Bertz CT molecular complexity index is 497. The summed E-state index contributed by atoms with van der Waals surface area (Å²) >= 11 is 0. The third-order valence-corrected chi connectivity index (χ3v) is 3.22. The van der Waals surface area contributed by atoms with E-state index in [-0.39, 0.29) is 17.8 Å². The largest absolute Gasteiger partial charge is 0.435 e. The molecule has 7 heteroatoms. The standard InChI is InChI=1S/C14H18F2N2O3/c1-9(17)13(19)18-5-6-20-12(8-18)10-3-2-4-11(7-10)21-14(15)16/h2-4,7,9,12,14H,5-6,8,17H2,1H3/t9-,12?/m1/s1. The number of alkyl halides is 2. The number of nitrogens with two attached hydrogens (primary N) is 1. The van der Waals surface area contributed by atoms with E-state index in [1.807, 2.05) is 0 Å². The number of halogens is 2. The summed E-state index contributed by atoms with van der Waals surface area (Å²) in [4.78, 5) is 13.5. The second kappa shape index (κ2) is 6.82. The topological polar surface area (TPSA) is 64.8 Å². The highest BCUT2D eigenvalue weighted by Crippen LogP contribution is 2.26. The van der Waals surface area contributed by atoms with E-state index >= 15 is 0 Å². The molecule has 1 aromatic carbocycles. The third kappa shape index (κ3) is 4.12. The van der Waals surface area contributed by atoms with Crippen molar-refractivity contribution >= 4 is 5.91 Å². The number of hydrogen-bond donors (Lipinski definition) is 1. The fourth-order valence-electron chi connectivity index (χ4n) is 2.23. The molecule has 116 valence electrons. The van der Waals surface area contributed by atoms with Crippen LogP contribution in [0, 0.1) is 0 Å². The van der Waals surface area contributed by atoms with Gasteiger partial charge >= 0.3 is 6.61 Å². The fraction of sp³-hybridized carbons (Fsp3) is 0.500. The second-order valence-electron chi connectivity index (χ2n) is 4.88. The molecule has 1 aliphatic heterocycles. The Kier molecular flexibility index (Phi) is 5.08. The summed E-state index contributed by atoms with van der Waals surface area (Å²) in [5.74, 6) is -0.0787. The molecule has 0 aromatic heterocycles. The highest BCUT2D eigenvalue weighted by atomic mass is 19.3. The molecular weight excluding hydrogens is 282 g/mol. The Labute approximate surface area is 121 Å². The van der Waals surface area contributed by atoms with E-state index in [0.29, 0.717) is 25.3 Å². The maximum Gasteiger partial charge on any atom is 0.387 e. The number of morpholine rings is 1. The number of amides is 1. The van der Waals surface area contributed by atoms with Crippen molar-refractivity contribution in [2.75, 3.05) is 19.7 Å². The van der Waals surface area contributed by atoms with Crippen molar-refractivity contribution in [3.8, 4) is 5.75 Å². The van der Waals surface area contributed by atoms with Gasteiger partial charge in [0.05, 0.1) is 19.2 Å². The van der Waals surface area contributed by atoms with Crippen molar-refractivity contribution in [2.24, 2.45) is 5.73 Å². The maximum absolute atomic E-state index is 12.2. The molecule has 1 amide bonds. The number of benzene rings is 1. The molecule has 5 nitrogen and oxygen atoms in total. The van der Waals surface area contributed by atoms with Crippen LogP contribution in [-0.2, 0) is 9.53 Å². The van der Waals surface area contributed by atoms with Gasteiger partial charge < -0.3 is 20.1 Å². The summed E-state index contributed by atoms with van der Waals surface area (Å²) < 4.78 is 34.4. The molecule has 0 spiro atoms. The van der Waals surface area contributed by atoms with E-state index in [1.165, 1.54) is 12.1 Å². The van der Waals surface area contributed by atoms with Crippen LogP contribution in [0.15, 0.2) is 24.3 Å². The van der Waals surface area contributed by atoms with Crippen LogP contribution >= 0.6 is 0 Å². The molecule has 21 heavy (non-hydrogen) atoms. The van der Waals surface area contributed by atoms with Crippen LogP contribution in [0.2, 0.25) is 0 Å². The second-order valence-corrected chi connectivity index (χ2v) is 4.88. The lowest BCUT2D eigenvalue weighted by Crippen LogP contribution is -2.48. The van der Waals surface area contributed by atoms with Gasteiger partial charge in [0.25, 0.3) is 0 Å². The van der Waals surface area contributed by atoms with Crippen LogP contribution < -0.4 is 10.5 Å². The summed E-state index contributed by atoms with van der Waals surface area (Å²) in [5.41, 5.74) is 6.28. The zero-order valence-electron chi connectivity index (χ0n) is 11.7. The van der Waals surface area contributed by atoms with Crippen molar-refractivity contribution < 1.29 is 23.0 Å². The molecule has 1 fully saturated rings. The van der Waals surface area contributed by atoms with Gasteiger partial charge in [-0.2, -0.15) is 8.78 Å². The monoisotopic (exact) mass is 300 g/mol. The average Bonchev–Trinajstić information content (AvgIpc) is 2.46. The van der Waals surface area contributed by atoms with Crippen molar-refractivity contribution in [1.29, 1.82) is 0 Å². The van der Waals surface area contributed by atoms with Gasteiger partial charge in [-0.3, -0.25) is 4.79 Å². The first-order valence-electron chi connectivity index (χ1n) is 6.68. The van der Waals surface area contributed by atoms with Crippen LogP contribution in [-0.4, -0.2) is 43.2 Å². The number of hydrogen-bond acceptors (Lipinski definition) is 4. The van der Waals surface area contributed by atoms with Gasteiger partial charge in [0.2, 0.25) is 5.91 Å². The van der Waals surface area contributed by atoms with Gasteiger partial charge in [-0.05, 0) is 24.6 Å². The smallest absolute Gasteiger partial charge is 0.387 e. The summed E-state index contributed by atoms with van der Waals surface area (Å²) in [7, 11) is 0. The van der Waals surface area contributed by atoms with E-state index < -0.39 is 12.7 Å². The lowest BCUT2D eigenvalue weighted by Gasteiger charge is -2.34. The van der Waals surface area contributed by atoms with Gasteiger partial charge in [-0.1, -0.05) is 12.1 Å². The molecule has 0 bridgehead atoms. The van der Waals surface area contributed by atoms with E-state index in [4.69, 9.17) is 10.5 Å². The lowest BCUT2D eigenvalue weighted by atomic mass is 10.1. The summed E-state index contributed by atoms with van der Waals surface area (Å²) in [6, 6.07) is 5.74. The van der Waals surface area contributed by atoms with E-state index in [0.717, 1.165) is 0 Å². The third-order valence-electron chi connectivity index (χ3n) is 3.22. The number of carbonyl (C=O) groups is 1. The highest BCUT2D eigenvalue weighted by Gasteiger charge is 2.27. The number of nitrogens with zero attached hydrogens (tertiary/aromatic N) is 1. The van der Waals surface area contributed by atoms with Crippen molar-refractivity contribution in [3.63, 3.8) is 0 Å². The number of carbonyl (C=O) groups excluding carboxylic acids is 1. The van der Waals surface area contributed by atoms with Crippen LogP contribution in [0.3, 0.4) is 0 Å². The molecule has 2 atom stereocenters. The summed E-state index contributed by atoms with van der Waals surface area (Å²) in [5, 5.41) is 0. The average molecular weight is 300 g/mol. The molecule has 2 rings (SSSR count). The Morgan fingerprint density at radius 3 is 2.95 bits per heavy atom. The normalized spacial score (nSPS) is 20.4. The summed E-state index contributed by atoms with van der Waals surface area (Å²) in [6.45, 7) is -0.0427. The van der Waals surface area contributed by atoms with Crippen molar-refractivity contribution in [3.05, 3.63) is 29.8 Å². The first-order valence-corrected chi connectivity index (χ1v) is 6.68. The Hall–Kier alpha value is -1.73. The quantitative estimate of drug-likeness (QED) is 0.916. The van der Waals surface area contributed by atoms with Gasteiger partial charge in [0.1, 0.15) is 11.9 Å². The van der Waals surface area contributed by atoms with Crippen LogP contribution in [0.1, 0.15) is 18.6 Å². The van der Waals surface area contributed by atoms with Crippen LogP contribution in [0.25, 0.3) is 0 Å². The molecule has 2 N–H and O–H groups in total. The molecule has 0 aliphatic carbocycles. The first kappa shape index (κ1) is 15.7. The molecular formula is C14H18F2N2O3. The lowest BCUT2D eigenvalue weighted by molar-refractivity contribution is -0.140. The Morgan fingerprint density at radius 2 is 2.29 bits per heavy atom.